The quantitative estimate of drug-likeness (QED) is 0.832. The zero-order valence-electron chi connectivity index (χ0n) is 14.2. The van der Waals surface area contributed by atoms with Crippen LogP contribution in [0.15, 0.2) is 41.3 Å². The molecule has 3 saturated heterocycles. The van der Waals surface area contributed by atoms with E-state index in [9.17, 15) is 13.2 Å². The largest absolute Gasteiger partial charge is 0.347 e. The molecule has 4 heterocycles. The summed E-state index contributed by atoms with van der Waals surface area (Å²) in [4.78, 5) is 16.7. The Bertz CT molecular complexity index is 913. The highest BCUT2D eigenvalue weighted by molar-refractivity contribution is 7.89. The van der Waals surface area contributed by atoms with E-state index in [2.05, 4.69) is 10.2 Å². The van der Waals surface area contributed by atoms with E-state index < -0.39 is 10.0 Å². The molecule has 0 unspecified atom stereocenters. The minimum Gasteiger partial charge on any atom is -0.347 e. The van der Waals surface area contributed by atoms with Crippen LogP contribution in [0.3, 0.4) is 0 Å². The van der Waals surface area contributed by atoms with Gasteiger partial charge in [-0.15, -0.1) is 11.3 Å². The summed E-state index contributed by atoms with van der Waals surface area (Å²) in [6.07, 6.45) is 2.33. The number of sulfonamides is 1. The van der Waals surface area contributed by atoms with E-state index in [1.807, 2.05) is 12.1 Å². The Morgan fingerprint density at radius 2 is 1.81 bits per heavy atom. The van der Waals surface area contributed by atoms with Crippen LogP contribution >= 0.6 is 11.3 Å². The Morgan fingerprint density at radius 3 is 2.38 bits per heavy atom. The average Bonchev–Trinajstić information content (AvgIpc) is 3.12. The molecule has 138 valence electrons. The maximum atomic E-state index is 12.6. The molecule has 0 saturated carbocycles. The van der Waals surface area contributed by atoms with Crippen LogP contribution in [0, 0.1) is 5.92 Å². The molecule has 3 fully saturated rings. The fourth-order valence-electron chi connectivity index (χ4n) is 3.79. The third kappa shape index (κ3) is 3.55. The Balaban J connectivity index is 1.46. The number of fused-ring (bicyclic) bond motifs is 3. The Labute approximate surface area is 157 Å². The first-order chi connectivity index (χ1) is 12.4. The Hall–Kier alpha value is -1.74. The standard InChI is InChI=1S/C18H21N3O3S2/c19-26(23,24)14-3-1-13(2-4-14)16-5-6-17(25-16)18(22)20-15-11-21-9-7-12(15)8-10-21/h1-6,12,15H,7-11H2,(H,20,22)(H2,19,23,24)/t15-/m0/s1. The van der Waals surface area contributed by atoms with Gasteiger partial charge in [-0.1, -0.05) is 12.1 Å². The van der Waals surface area contributed by atoms with E-state index in [0.29, 0.717) is 10.8 Å². The van der Waals surface area contributed by atoms with Crippen LogP contribution in [0.2, 0.25) is 0 Å². The molecule has 26 heavy (non-hydrogen) atoms. The molecule has 8 heteroatoms. The van der Waals surface area contributed by atoms with Crippen LogP contribution in [0.25, 0.3) is 10.4 Å². The van der Waals surface area contributed by atoms with Crippen molar-refractivity contribution in [2.75, 3.05) is 19.6 Å². The fourth-order valence-corrected chi connectivity index (χ4v) is 5.22. The third-order valence-electron chi connectivity index (χ3n) is 5.27. The summed E-state index contributed by atoms with van der Waals surface area (Å²) in [5, 5.41) is 8.32. The molecule has 2 bridgehead atoms. The van der Waals surface area contributed by atoms with Crippen LogP contribution in [-0.2, 0) is 10.0 Å². The van der Waals surface area contributed by atoms with Crippen molar-refractivity contribution >= 4 is 27.3 Å². The number of primary sulfonamides is 1. The minimum atomic E-state index is -3.70. The van der Waals surface area contributed by atoms with Crippen LogP contribution < -0.4 is 10.5 Å². The van der Waals surface area contributed by atoms with Gasteiger partial charge in [0.05, 0.1) is 9.77 Å². The molecule has 0 spiro atoms. The molecule has 5 rings (SSSR count). The number of piperidine rings is 3. The van der Waals surface area contributed by atoms with Gasteiger partial charge in [0, 0.05) is 17.5 Å². The maximum absolute atomic E-state index is 12.6. The number of carbonyl (C=O) groups is 1. The number of nitrogens with one attached hydrogen (secondary N) is 1. The summed E-state index contributed by atoms with van der Waals surface area (Å²) in [7, 11) is -3.70. The molecule has 1 atom stereocenters. The number of hydrogen-bond acceptors (Lipinski definition) is 5. The number of hydrogen-bond donors (Lipinski definition) is 2. The van der Waals surface area contributed by atoms with Gasteiger partial charge in [-0.2, -0.15) is 0 Å². The van der Waals surface area contributed by atoms with Gasteiger partial charge in [-0.25, -0.2) is 13.6 Å². The molecule has 0 radical (unpaired) electrons. The first-order valence-electron chi connectivity index (χ1n) is 8.66. The molecule has 6 nitrogen and oxygen atoms in total. The van der Waals surface area contributed by atoms with E-state index in [0.717, 1.165) is 42.9 Å². The second kappa shape index (κ2) is 6.77. The lowest BCUT2D eigenvalue weighted by Gasteiger charge is -2.44. The lowest BCUT2D eigenvalue weighted by atomic mass is 9.84. The van der Waals surface area contributed by atoms with Crippen molar-refractivity contribution in [3.63, 3.8) is 0 Å². The van der Waals surface area contributed by atoms with E-state index >= 15 is 0 Å². The Morgan fingerprint density at radius 1 is 1.12 bits per heavy atom. The molecule has 1 aromatic carbocycles. The second-order valence-corrected chi connectivity index (χ2v) is 9.60. The van der Waals surface area contributed by atoms with E-state index in [4.69, 9.17) is 5.14 Å². The van der Waals surface area contributed by atoms with Crippen molar-refractivity contribution in [3.05, 3.63) is 41.3 Å². The lowest BCUT2D eigenvalue weighted by Crippen LogP contribution is -2.57. The normalized spacial score (nSPS) is 25.2. The highest BCUT2D eigenvalue weighted by atomic mass is 32.2. The lowest BCUT2D eigenvalue weighted by molar-refractivity contribution is 0.0622. The number of nitrogens with two attached hydrogens (primary N) is 1. The summed E-state index contributed by atoms with van der Waals surface area (Å²) in [5.74, 6) is 0.565. The van der Waals surface area contributed by atoms with Crippen molar-refractivity contribution in [2.45, 2.75) is 23.8 Å². The van der Waals surface area contributed by atoms with Crippen LogP contribution in [0.4, 0.5) is 0 Å². The highest BCUT2D eigenvalue weighted by Crippen LogP contribution is 2.30. The molecule has 3 N–H and O–H groups in total. The molecule has 3 aliphatic heterocycles. The summed E-state index contributed by atoms with van der Waals surface area (Å²) >= 11 is 1.41. The zero-order chi connectivity index (χ0) is 18.3. The third-order valence-corrected chi connectivity index (χ3v) is 7.33. The van der Waals surface area contributed by atoms with Gasteiger partial charge in [-0.05, 0) is 61.7 Å². The zero-order valence-corrected chi connectivity index (χ0v) is 15.9. The van der Waals surface area contributed by atoms with E-state index in [1.165, 1.54) is 23.5 Å². The summed E-state index contributed by atoms with van der Waals surface area (Å²) in [6.45, 7) is 3.24. The van der Waals surface area contributed by atoms with Crippen molar-refractivity contribution in [1.29, 1.82) is 0 Å². The van der Waals surface area contributed by atoms with Crippen LogP contribution in [-0.4, -0.2) is 44.9 Å². The maximum Gasteiger partial charge on any atom is 0.261 e. The van der Waals surface area contributed by atoms with Crippen LogP contribution in [0.5, 0.6) is 0 Å². The highest BCUT2D eigenvalue weighted by Gasteiger charge is 2.35. The fraction of sp³-hybridized carbons (Fsp3) is 0.389. The van der Waals surface area contributed by atoms with Gasteiger partial charge in [0.1, 0.15) is 0 Å². The average molecular weight is 392 g/mol. The topological polar surface area (TPSA) is 92.5 Å². The number of rotatable bonds is 4. The number of nitrogens with zero attached hydrogens (tertiary/aromatic N) is 1. The van der Waals surface area contributed by atoms with Gasteiger partial charge in [-0.3, -0.25) is 4.79 Å². The molecule has 2 aromatic rings. The van der Waals surface area contributed by atoms with E-state index in [-0.39, 0.29) is 16.8 Å². The number of thiophene rings is 1. The van der Waals surface area contributed by atoms with Gasteiger partial charge >= 0.3 is 0 Å². The molecule has 1 aromatic heterocycles. The summed E-state index contributed by atoms with van der Waals surface area (Å²) in [6, 6.07) is 10.3. The summed E-state index contributed by atoms with van der Waals surface area (Å²) in [5.41, 5.74) is 0.865. The molecule has 0 aliphatic carbocycles. The molecule has 1 amide bonds. The van der Waals surface area contributed by atoms with Crippen molar-refractivity contribution < 1.29 is 13.2 Å². The summed E-state index contributed by atoms with van der Waals surface area (Å²) < 4.78 is 22.7. The van der Waals surface area contributed by atoms with Gasteiger partial charge in [0.25, 0.3) is 5.91 Å². The molecular formula is C18H21N3O3S2. The molecular weight excluding hydrogens is 370 g/mol. The first kappa shape index (κ1) is 17.7. The van der Waals surface area contributed by atoms with Gasteiger partial charge < -0.3 is 10.2 Å². The van der Waals surface area contributed by atoms with E-state index in [1.54, 1.807) is 12.1 Å². The van der Waals surface area contributed by atoms with Crippen molar-refractivity contribution in [3.8, 4) is 10.4 Å². The van der Waals surface area contributed by atoms with Gasteiger partial charge in [0.2, 0.25) is 10.0 Å². The Kier molecular flexibility index (Phi) is 4.60. The van der Waals surface area contributed by atoms with Gasteiger partial charge in [0.15, 0.2) is 0 Å². The van der Waals surface area contributed by atoms with Crippen molar-refractivity contribution in [2.24, 2.45) is 11.1 Å². The SMILES string of the molecule is NS(=O)(=O)c1ccc(-c2ccc(C(=O)N[C@H]3CN4CCC3CC4)s2)cc1. The minimum absolute atomic E-state index is 0.0267. The number of benzene rings is 1. The smallest absolute Gasteiger partial charge is 0.261 e. The predicted octanol–water partition coefficient (Wildman–Crippen LogP) is 1.89. The first-order valence-corrected chi connectivity index (χ1v) is 11.0. The number of amides is 1. The number of carbonyl (C=O) groups excluding carboxylic acids is 1. The molecule has 3 aliphatic rings. The van der Waals surface area contributed by atoms with Crippen LogP contribution in [0.1, 0.15) is 22.5 Å². The predicted molar refractivity (Wildman–Crippen MR) is 102 cm³/mol. The van der Waals surface area contributed by atoms with Crippen molar-refractivity contribution in [1.82, 2.24) is 10.2 Å². The monoisotopic (exact) mass is 391 g/mol. The second-order valence-electron chi connectivity index (χ2n) is 6.95.